The minimum atomic E-state index is -0.0199. The van der Waals surface area contributed by atoms with Crippen molar-refractivity contribution in [3.8, 4) is 0 Å². The van der Waals surface area contributed by atoms with Crippen LogP contribution in [0.4, 0.5) is 4.79 Å². The Balaban J connectivity index is 1.40. The van der Waals surface area contributed by atoms with Gasteiger partial charge in [0, 0.05) is 63.6 Å². The zero-order valence-electron chi connectivity index (χ0n) is 17.2. The minimum absolute atomic E-state index is 0.0199. The van der Waals surface area contributed by atoms with Crippen LogP contribution in [0.2, 0.25) is 0 Å². The second-order valence-corrected chi connectivity index (χ2v) is 8.81. The molecule has 1 aromatic carbocycles. The van der Waals surface area contributed by atoms with E-state index in [1.807, 2.05) is 0 Å². The summed E-state index contributed by atoms with van der Waals surface area (Å²) >= 11 is 0. The summed E-state index contributed by atoms with van der Waals surface area (Å²) in [6.07, 6.45) is 2.84. The zero-order valence-corrected chi connectivity index (χ0v) is 17.2. The van der Waals surface area contributed by atoms with E-state index in [-0.39, 0.29) is 18.1 Å². The first-order valence-electron chi connectivity index (χ1n) is 10.8. The van der Waals surface area contributed by atoms with Gasteiger partial charge in [-0.05, 0) is 44.2 Å². The summed E-state index contributed by atoms with van der Waals surface area (Å²) in [5.41, 5.74) is 2.86. The first kappa shape index (κ1) is 19.7. The highest BCUT2D eigenvalue weighted by molar-refractivity contribution is 5.74. The monoisotopic (exact) mass is 386 g/mol. The molecule has 6 nitrogen and oxygen atoms in total. The molecule has 0 aromatic heterocycles. The van der Waals surface area contributed by atoms with E-state index in [2.05, 4.69) is 58.5 Å². The highest BCUT2D eigenvalue weighted by Crippen LogP contribution is 2.27. The molecule has 2 atom stereocenters. The molecular weight excluding hydrogens is 352 g/mol. The normalized spacial score (nSPS) is 27.0. The molecular formula is C22H34N4O2. The minimum Gasteiger partial charge on any atom is -0.381 e. The quantitative estimate of drug-likeness (QED) is 0.837. The van der Waals surface area contributed by atoms with E-state index >= 15 is 0 Å². The van der Waals surface area contributed by atoms with Crippen LogP contribution in [0.3, 0.4) is 0 Å². The highest BCUT2D eigenvalue weighted by Gasteiger charge is 2.36. The molecule has 4 rings (SSSR count). The van der Waals surface area contributed by atoms with Crippen molar-refractivity contribution in [2.24, 2.45) is 0 Å². The number of hydrogen-bond donors (Lipinski definition) is 2. The fourth-order valence-corrected chi connectivity index (χ4v) is 4.76. The number of hydrogen-bond acceptors (Lipinski definition) is 4. The summed E-state index contributed by atoms with van der Waals surface area (Å²) in [5, 5.41) is 6.38. The molecule has 6 heteroatoms. The number of fused-ring (bicyclic) bond motifs is 2. The molecule has 0 saturated carbocycles. The van der Waals surface area contributed by atoms with Gasteiger partial charge < -0.3 is 15.4 Å². The number of carbonyl (C=O) groups excluding carboxylic acids is 1. The molecule has 28 heavy (non-hydrogen) atoms. The lowest BCUT2D eigenvalue weighted by Crippen LogP contribution is -2.48. The van der Waals surface area contributed by atoms with Crippen LogP contribution < -0.4 is 10.6 Å². The van der Waals surface area contributed by atoms with Crippen molar-refractivity contribution in [2.45, 2.75) is 70.4 Å². The van der Waals surface area contributed by atoms with Crippen molar-refractivity contribution in [3.63, 3.8) is 0 Å². The van der Waals surface area contributed by atoms with Gasteiger partial charge in [0.2, 0.25) is 0 Å². The number of amides is 2. The lowest BCUT2D eigenvalue weighted by Gasteiger charge is -2.36. The van der Waals surface area contributed by atoms with Gasteiger partial charge >= 0.3 is 6.03 Å². The van der Waals surface area contributed by atoms with Gasteiger partial charge in [0.05, 0.1) is 0 Å². The number of carbonyl (C=O) groups is 1. The fourth-order valence-electron chi connectivity index (χ4n) is 4.76. The molecule has 0 bridgehead atoms. The van der Waals surface area contributed by atoms with Crippen LogP contribution in [0.25, 0.3) is 0 Å². The standard InChI is InChI=1S/C22H34N4O2/c1-16(2)25-12-17-5-3-4-6-18(17)13-26-14-20(11-21(26)15-25)24-22(27)23-19-7-9-28-10-8-19/h3-6,16,19-21H,7-15H2,1-2H3,(H2,23,24,27)/t20-,21-/m0/s1. The summed E-state index contributed by atoms with van der Waals surface area (Å²) < 4.78 is 5.38. The van der Waals surface area contributed by atoms with E-state index in [1.54, 1.807) is 0 Å². The fraction of sp³-hybridized carbons (Fsp3) is 0.682. The van der Waals surface area contributed by atoms with E-state index in [0.29, 0.717) is 12.1 Å². The zero-order chi connectivity index (χ0) is 19.5. The average molecular weight is 387 g/mol. The number of ether oxygens (including phenoxy) is 1. The van der Waals surface area contributed by atoms with E-state index in [0.717, 1.165) is 58.7 Å². The van der Waals surface area contributed by atoms with Crippen LogP contribution in [-0.2, 0) is 17.8 Å². The first-order chi connectivity index (χ1) is 13.6. The Hall–Kier alpha value is -1.63. The Labute approximate surface area is 168 Å². The van der Waals surface area contributed by atoms with Crippen molar-refractivity contribution < 1.29 is 9.53 Å². The number of urea groups is 1. The molecule has 1 aromatic rings. The van der Waals surface area contributed by atoms with Crippen molar-refractivity contribution in [3.05, 3.63) is 35.4 Å². The molecule has 154 valence electrons. The first-order valence-corrected chi connectivity index (χ1v) is 10.8. The molecule has 2 N–H and O–H groups in total. The molecule has 3 aliphatic heterocycles. The Morgan fingerprint density at radius 3 is 2.43 bits per heavy atom. The van der Waals surface area contributed by atoms with Gasteiger partial charge in [-0.25, -0.2) is 4.79 Å². The second-order valence-electron chi connectivity index (χ2n) is 8.81. The molecule has 0 spiro atoms. The smallest absolute Gasteiger partial charge is 0.315 e. The Kier molecular flexibility index (Phi) is 6.19. The lowest BCUT2D eigenvalue weighted by atomic mass is 10.0. The predicted molar refractivity (Wildman–Crippen MR) is 110 cm³/mol. The molecule has 0 radical (unpaired) electrons. The van der Waals surface area contributed by atoms with E-state index in [9.17, 15) is 4.79 Å². The van der Waals surface area contributed by atoms with Crippen molar-refractivity contribution >= 4 is 6.03 Å². The predicted octanol–water partition coefficient (Wildman–Crippen LogP) is 2.33. The van der Waals surface area contributed by atoms with Crippen LogP contribution >= 0.6 is 0 Å². The van der Waals surface area contributed by atoms with Gasteiger partial charge in [0.25, 0.3) is 0 Å². The maximum atomic E-state index is 12.5. The van der Waals surface area contributed by atoms with Gasteiger partial charge in [0.15, 0.2) is 0 Å². The lowest BCUT2D eigenvalue weighted by molar-refractivity contribution is 0.0799. The maximum absolute atomic E-state index is 12.5. The van der Waals surface area contributed by atoms with Gasteiger partial charge in [-0.3, -0.25) is 9.80 Å². The van der Waals surface area contributed by atoms with Crippen molar-refractivity contribution in [1.29, 1.82) is 0 Å². The molecule has 0 unspecified atom stereocenters. The van der Waals surface area contributed by atoms with Crippen LogP contribution in [-0.4, -0.2) is 66.3 Å². The van der Waals surface area contributed by atoms with Crippen LogP contribution in [0, 0.1) is 0 Å². The molecule has 2 fully saturated rings. The average Bonchev–Trinajstić information content (AvgIpc) is 3.01. The van der Waals surface area contributed by atoms with Gasteiger partial charge in [0.1, 0.15) is 0 Å². The molecule has 0 aliphatic carbocycles. The summed E-state index contributed by atoms with van der Waals surface area (Å²) in [6.45, 7) is 10.0. The third-order valence-corrected chi connectivity index (χ3v) is 6.46. The summed E-state index contributed by atoms with van der Waals surface area (Å²) in [5.74, 6) is 0. The SMILES string of the molecule is CC(C)N1Cc2ccccc2CN2C[C@@H](NC(=O)NC3CCOCC3)C[C@H]2C1. The van der Waals surface area contributed by atoms with Crippen molar-refractivity contribution in [1.82, 2.24) is 20.4 Å². The number of rotatable bonds is 3. The van der Waals surface area contributed by atoms with Gasteiger partial charge in [-0.15, -0.1) is 0 Å². The topological polar surface area (TPSA) is 56.8 Å². The second kappa shape index (κ2) is 8.80. The van der Waals surface area contributed by atoms with Gasteiger partial charge in [-0.1, -0.05) is 24.3 Å². The van der Waals surface area contributed by atoms with Crippen LogP contribution in [0.5, 0.6) is 0 Å². The van der Waals surface area contributed by atoms with E-state index < -0.39 is 0 Å². The van der Waals surface area contributed by atoms with Crippen LogP contribution in [0.1, 0.15) is 44.2 Å². The molecule has 2 saturated heterocycles. The third kappa shape index (κ3) is 4.67. The molecule has 3 heterocycles. The number of nitrogens with zero attached hydrogens (tertiary/aromatic N) is 2. The maximum Gasteiger partial charge on any atom is 0.315 e. The summed E-state index contributed by atoms with van der Waals surface area (Å²) in [7, 11) is 0. The number of nitrogens with one attached hydrogen (secondary N) is 2. The van der Waals surface area contributed by atoms with E-state index in [1.165, 1.54) is 11.1 Å². The Morgan fingerprint density at radius 1 is 1.04 bits per heavy atom. The Morgan fingerprint density at radius 2 is 1.71 bits per heavy atom. The Bertz CT molecular complexity index is 674. The summed E-state index contributed by atoms with van der Waals surface area (Å²) in [4.78, 5) is 17.6. The molecule has 2 amide bonds. The summed E-state index contributed by atoms with van der Waals surface area (Å²) in [6, 6.07) is 10.2. The van der Waals surface area contributed by atoms with E-state index in [4.69, 9.17) is 4.74 Å². The highest BCUT2D eigenvalue weighted by atomic mass is 16.5. The largest absolute Gasteiger partial charge is 0.381 e. The van der Waals surface area contributed by atoms with Crippen molar-refractivity contribution in [2.75, 3.05) is 26.3 Å². The molecule has 3 aliphatic rings. The van der Waals surface area contributed by atoms with Gasteiger partial charge in [-0.2, -0.15) is 0 Å². The third-order valence-electron chi connectivity index (χ3n) is 6.46. The van der Waals surface area contributed by atoms with Crippen LogP contribution in [0.15, 0.2) is 24.3 Å². The number of benzene rings is 1.